The van der Waals surface area contributed by atoms with E-state index in [9.17, 15) is 14.4 Å². The molecule has 3 heterocycles. The number of piperazine rings is 1. The Morgan fingerprint density at radius 2 is 1.82 bits per heavy atom. The first-order valence-corrected chi connectivity index (χ1v) is 16.5. The monoisotopic (exact) mass is 601 g/mol. The van der Waals surface area contributed by atoms with Crippen molar-refractivity contribution in [3.63, 3.8) is 0 Å². The second-order valence-electron chi connectivity index (χ2n) is 13.0. The fourth-order valence-corrected chi connectivity index (χ4v) is 7.76. The van der Waals surface area contributed by atoms with E-state index in [0.717, 1.165) is 61.1 Å². The Kier molecular flexibility index (Phi) is 9.12. The van der Waals surface area contributed by atoms with Gasteiger partial charge in [0.15, 0.2) is 0 Å². The van der Waals surface area contributed by atoms with Gasteiger partial charge in [0.2, 0.25) is 17.7 Å². The molecule has 2 aromatic carbocycles. The number of aryl methyl sites for hydroxylation is 1. The highest BCUT2D eigenvalue weighted by Gasteiger charge is 2.47. The fourth-order valence-electron chi connectivity index (χ4n) is 7.76. The number of fused-ring (bicyclic) bond motifs is 4. The van der Waals surface area contributed by atoms with E-state index < -0.39 is 12.1 Å². The van der Waals surface area contributed by atoms with Gasteiger partial charge in [-0.25, -0.2) is 0 Å². The van der Waals surface area contributed by atoms with Crippen molar-refractivity contribution in [3.8, 4) is 5.75 Å². The largest absolute Gasteiger partial charge is 0.493 e. The Morgan fingerprint density at radius 1 is 1.02 bits per heavy atom. The lowest BCUT2D eigenvalue weighted by molar-refractivity contribution is -0.146. The number of anilines is 1. The van der Waals surface area contributed by atoms with E-state index in [4.69, 9.17) is 4.74 Å². The molecule has 0 spiro atoms. The lowest BCUT2D eigenvalue weighted by Crippen LogP contribution is -2.67. The Morgan fingerprint density at radius 3 is 2.59 bits per heavy atom. The van der Waals surface area contributed by atoms with Crippen LogP contribution in [0.25, 0.3) is 0 Å². The van der Waals surface area contributed by atoms with E-state index in [1.165, 1.54) is 5.56 Å². The number of hydrogen-bond donors (Lipinski definition) is 3. The van der Waals surface area contributed by atoms with Gasteiger partial charge in [-0.3, -0.25) is 14.4 Å². The van der Waals surface area contributed by atoms with Crippen LogP contribution in [0.1, 0.15) is 74.6 Å². The molecule has 1 saturated carbocycles. The Hall–Kier alpha value is -3.59. The van der Waals surface area contributed by atoms with Crippen molar-refractivity contribution in [2.75, 3.05) is 31.6 Å². The molecule has 1 aliphatic carbocycles. The van der Waals surface area contributed by atoms with Gasteiger partial charge >= 0.3 is 0 Å². The number of benzene rings is 2. The third-order valence-corrected chi connectivity index (χ3v) is 10.2. The first-order chi connectivity index (χ1) is 21.4. The maximum Gasteiger partial charge on any atom is 0.246 e. The molecule has 2 fully saturated rings. The molecule has 6 rings (SSSR count). The van der Waals surface area contributed by atoms with Gasteiger partial charge in [0.25, 0.3) is 0 Å². The van der Waals surface area contributed by atoms with Crippen LogP contribution < -0.4 is 25.6 Å². The van der Waals surface area contributed by atoms with Crippen LogP contribution in [0, 0.1) is 12.8 Å². The van der Waals surface area contributed by atoms with Crippen molar-refractivity contribution in [1.29, 1.82) is 0 Å². The molecule has 0 aromatic heterocycles. The zero-order valence-corrected chi connectivity index (χ0v) is 26.3. The van der Waals surface area contributed by atoms with Crippen LogP contribution in [0.15, 0.2) is 42.5 Å². The van der Waals surface area contributed by atoms with Gasteiger partial charge in [0.1, 0.15) is 17.8 Å². The minimum absolute atomic E-state index is 0.0580. The summed E-state index contributed by atoms with van der Waals surface area (Å²) in [6, 6.07) is 12.6. The predicted molar refractivity (Wildman–Crippen MR) is 171 cm³/mol. The Balaban J connectivity index is 1.30. The second-order valence-corrected chi connectivity index (χ2v) is 13.0. The molecule has 3 aliphatic heterocycles. The summed E-state index contributed by atoms with van der Waals surface area (Å²) in [4.78, 5) is 46.5. The molecule has 1 saturated heterocycles. The highest BCUT2D eigenvalue weighted by Crippen LogP contribution is 2.37. The second kappa shape index (κ2) is 13.2. The standard InChI is InChI=1S/C35H47N5O4/c1-4-27(36-3)33(41)38-32(23-10-6-5-7-11-23)35(43)40-20-25-19-24-12-8-9-13-29(24)39(25)21-30(40)34(42)37-28-16-17-44-31-18-22(2)14-15-26(28)31/h8-9,12-15,18,23,25,27-28,30,32,36H,4-7,10-11,16-17,19-21H2,1-3H3,(H,37,42)(H,38,41)/t25?,27-,28+,30-,32?/m0/s1. The normalized spacial score (nSPS) is 24.3. The molecular weight excluding hydrogens is 554 g/mol. The van der Waals surface area contributed by atoms with Crippen molar-refractivity contribution >= 4 is 23.4 Å². The summed E-state index contributed by atoms with van der Waals surface area (Å²) in [7, 11) is 1.78. The van der Waals surface area contributed by atoms with E-state index in [1.807, 2.05) is 38.1 Å². The van der Waals surface area contributed by atoms with Crippen molar-refractivity contribution < 1.29 is 19.1 Å². The summed E-state index contributed by atoms with van der Waals surface area (Å²) >= 11 is 0. The van der Waals surface area contributed by atoms with Gasteiger partial charge in [0.05, 0.1) is 24.7 Å². The summed E-state index contributed by atoms with van der Waals surface area (Å²) in [6.07, 6.45) is 7.17. The number of amides is 3. The lowest BCUT2D eigenvalue weighted by atomic mass is 9.82. The smallest absolute Gasteiger partial charge is 0.246 e. The van der Waals surface area contributed by atoms with Crippen LogP contribution in [0.2, 0.25) is 0 Å². The first-order valence-electron chi connectivity index (χ1n) is 16.5. The van der Waals surface area contributed by atoms with E-state index in [-0.39, 0.29) is 41.8 Å². The van der Waals surface area contributed by atoms with E-state index >= 15 is 0 Å². The molecule has 44 heavy (non-hydrogen) atoms. The van der Waals surface area contributed by atoms with Gasteiger partial charge in [-0.1, -0.05) is 56.5 Å². The number of hydrogen-bond acceptors (Lipinski definition) is 6. The van der Waals surface area contributed by atoms with Crippen molar-refractivity contribution in [1.82, 2.24) is 20.9 Å². The zero-order chi connectivity index (χ0) is 30.8. The average Bonchev–Trinajstić information content (AvgIpc) is 3.41. The number of nitrogens with one attached hydrogen (secondary N) is 3. The number of carbonyl (C=O) groups excluding carboxylic acids is 3. The van der Waals surface area contributed by atoms with Crippen molar-refractivity contribution in [3.05, 3.63) is 59.2 Å². The molecule has 2 unspecified atom stereocenters. The molecule has 0 radical (unpaired) electrons. The molecule has 2 aromatic rings. The maximum atomic E-state index is 14.7. The maximum absolute atomic E-state index is 14.7. The van der Waals surface area contributed by atoms with Gasteiger partial charge < -0.3 is 30.5 Å². The molecule has 3 amide bonds. The molecule has 9 nitrogen and oxygen atoms in total. The minimum Gasteiger partial charge on any atom is -0.493 e. The van der Waals surface area contributed by atoms with Crippen molar-refractivity contribution in [2.45, 2.75) is 95.4 Å². The third-order valence-electron chi connectivity index (χ3n) is 10.2. The van der Waals surface area contributed by atoms with Crippen LogP contribution in [0.5, 0.6) is 5.75 Å². The van der Waals surface area contributed by atoms with Crippen molar-refractivity contribution in [2.24, 2.45) is 5.92 Å². The number of carbonyl (C=O) groups is 3. The predicted octanol–water partition coefficient (Wildman–Crippen LogP) is 3.64. The Bertz CT molecular complexity index is 1370. The van der Waals surface area contributed by atoms with Crippen LogP contribution in [0.4, 0.5) is 5.69 Å². The highest BCUT2D eigenvalue weighted by molar-refractivity contribution is 5.94. The first kappa shape index (κ1) is 30.4. The van der Waals surface area contributed by atoms with Crippen LogP contribution >= 0.6 is 0 Å². The van der Waals surface area contributed by atoms with Gasteiger partial charge in [-0.15, -0.1) is 0 Å². The number of para-hydroxylation sites is 1. The minimum atomic E-state index is -0.684. The zero-order valence-electron chi connectivity index (χ0n) is 26.3. The van der Waals surface area contributed by atoms with Crippen LogP contribution in [0.3, 0.4) is 0 Å². The summed E-state index contributed by atoms with van der Waals surface area (Å²) in [5, 5.41) is 9.56. The summed E-state index contributed by atoms with van der Waals surface area (Å²) in [5.41, 5.74) is 4.47. The summed E-state index contributed by atoms with van der Waals surface area (Å²) in [6.45, 7) is 5.38. The molecule has 5 atom stereocenters. The number of nitrogens with zero attached hydrogens (tertiary/aromatic N) is 2. The number of rotatable bonds is 8. The van der Waals surface area contributed by atoms with E-state index in [2.05, 4.69) is 39.0 Å². The quantitative estimate of drug-likeness (QED) is 0.427. The third kappa shape index (κ3) is 6.03. The van der Waals surface area contributed by atoms with Gasteiger partial charge in [-0.2, -0.15) is 0 Å². The highest BCUT2D eigenvalue weighted by atomic mass is 16.5. The van der Waals surface area contributed by atoms with Crippen LogP contribution in [-0.4, -0.2) is 73.5 Å². The lowest BCUT2D eigenvalue weighted by Gasteiger charge is -2.46. The summed E-state index contributed by atoms with van der Waals surface area (Å²) in [5.74, 6) is 0.426. The molecular formula is C35H47N5O4. The number of likely N-dealkylation sites (N-methyl/N-ethyl adjacent to an activating group) is 1. The number of ether oxygens (including phenoxy) is 1. The topological polar surface area (TPSA) is 103 Å². The summed E-state index contributed by atoms with van der Waals surface area (Å²) < 4.78 is 5.92. The van der Waals surface area contributed by atoms with E-state index in [1.54, 1.807) is 11.9 Å². The van der Waals surface area contributed by atoms with E-state index in [0.29, 0.717) is 32.5 Å². The van der Waals surface area contributed by atoms with Crippen LogP contribution in [-0.2, 0) is 20.8 Å². The molecule has 0 bridgehead atoms. The van der Waals surface area contributed by atoms with Gasteiger partial charge in [-0.05, 0) is 68.8 Å². The Labute approximate surface area is 261 Å². The fraction of sp³-hybridized carbons (Fsp3) is 0.571. The molecule has 3 N–H and O–H groups in total. The van der Waals surface area contributed by atoms with Gasteiger partial charge in [0, 0.05) is 30.8 Å². The SMILES string of the molecule is CC[C@H](NC)C(=O)NC(C(=O)N1CC2Cc3ccccc3N2C[C@H]1C(=O)N[C@@H]1CCOc2cc(C)ccc21)C1CCCCC1. The average molecular weight is 602 g/mol. The molecule has 236 valence electrons. The molecule has 9 heteroatoms. The molecule has 4 aliphatic rings.